The predicted molar refractivity (Wildman–Crippen MR) is 48.7 cm³/mol. The van der Waals surface area contributed by atoms with Crippen molar-refractivity contribution in [2.24, 2.45) is 0 Å². The first-order valence-electron chi connectivity index (χ1n) is 4.03. The number of hydrogen-bond donors (Lipinski definition) is 2. The Hall–Kier alpha value is -1.18. The van der Waals surface area contributed by atoms with Crippen LogP contribution in [0, 0.1) is 11.6 Å². The van der Waals surface area contributed by atoms with Crippen molar-refractivity contribution in [2.45, 2.75) is 0 Å². The molecule has 0 aliphatic rings. The molecule has 0 atom stereocenters. The molecule has 7 heteroatoms. The maximum Gasteiger partial charge on any atom is 0.488 e. The lowest BCUT2D eigenvalue weighted by atomic mass is 9.80. The van der Waals surface area contributed by atoms with E-state index in [2.05, 4.69) is 9.47 Å². The van der Waals surface area contributed by atoms with Gasteiger partial charge in [-0.15, -0.1) is 0 Å². The lowest BCUT2D eigenvalue weighted by molar-refractivity contribution is 0.0453. The lowest BCUT2D eigenvalue weighted by Gasteiger charge is -2.08. The highest BCUT2D eigenvalue weighted by Crippen LogP contribution is 2.19. The summed E-state index contributed by atoms with van der Waals surface area (Å²) < 4.78 is 35.4. The molecule has 1 rings (SSSR count). The maximum absolute atomic E-state index is 13.2. The molecule has 0 saturated carbocycles. The Kier molecular flexibility index (Phi) is 4.01. The van der Waals surface area contributed by atoms with Crippen molar-refractivity contribution in [1.82, 2.24) is 0 Å². The number of ether oxygens (including phenoxy) is 2. The predicted octanol–water partition coefficient (Wildman–Crippen LogP) is -0.373. The van der Waals surface area contributed by atoms with Crippen LogP contribution < -0.4 is 10.2 Å². The first kappa shape index (κ1) is 11.9. The van der Waals surface area contributed by atoms with Crippen molar-refractivity contribution >= 4 is 12.6 Å². The largest absolute Gasteiger partial charge is 0.488 e. The van der Waals surface area contributed by atoms with Gasteiger partial charge in [-0.2, -0.15) is 0 Å². The minimum absolute atomic E-state index is 0.283. The number of rotatable bonds is 4. The fourth-order valence-electron chi connectivity index (χ4n) is 0.984. The second kappa shape index (κ2) is 5.06. The molecule has 0 amide bonds. The molecule has 0 spiro atoms. The molecular formula is C8H9BF2O4. The van der Waals surface area contributed by atoms with E-state index in [4.69, 9.17) is 10.0 Å². The summed E-state index contributed by atoms with van der Waals surface area (Å²) in [5, 5.41) is 17.4. The number of halogens is 2. The molecule has 2 N–H and O–H groups in total. The van der Waals surface area contributed by atoms with Crippen molar-refractivity contribution in [3.63, 3.8) is 0 Å². The number of benzene rings is 1. The van der Waals surface area contributed by atoms with E-state index in [0.29, 0.717) is 0 Å². The summed E-state index contributed by atoms with van der Waals surface area (Å²) in [6.45, 7) is -0.297. The Labute approximate surface area is 85.2 Å². The van der Waals surface area contributed by atoms with Crippen LogP contribution in [-0.4, -0.2) is 31.1 Å². The number of methoxy groups -OCH3 is 1. The van der Waals surface area contributed by atoms with Crippen LogP contribution >= 0.6 is 0 Å². The third-order valence-electron chi connectivity index (χ3n) is 1.64. The molecule has 0 radical (unpaired) electrons. The van der Waals surface area contributed by atoms with Crippen molar-refractivity contribution < 1.29 is 28.3 Å². The van der Waals surface area contributed by atoms with Gasteiger partial charge in [-0.05, 0) is 17.6 Å². The highest BCUT2D eigenvalue weighted by atomic mass is 19.1. The van der Waals surface area contributed by atoms with E-state index in [-0.39, 0.29) is 12.3 Å². The smallest absolute Gasteiger partial charge is 0.461 e. The summed E-state index contributed by atoms with van der Waals surface area (Å²) >= 11 is 0. The van der Waals surface area contributed by atoms with Gasteiger partial charge in [0.05, 0.1) is 0 Å². The molecule has 0 heterocycles. The Morgan fingerprint density at radius 2 is 1.80 bits per heavy atom. The molecule has 0 aromatic heterocycles. The van der Waals surface area contributed by atoms with Gasteiger partial charge in [0, 0.05) is 7.11 Å². The van der Waals surface area contributed by atoms with E-state index >= 15 is 0 Å². The molecule has 0 aliphatic heterocycles. The molecule has 0 fully saturated rings. The van der Waals surface area contributed by atoms with Gasteiger partial charge in [-0.25, -0.2) is 8.78 Å². The normalized spacial score (nSPS) is 10.2. The van der Waals surface area contributed by atoms with Gasteiger partial charge in [0.2, 0.25) is 0 Å². The van der Waals surface area contributed by atoms with Crippen LogP contribution in [0.1, 0.15) is 0 Å². The van der Waals surface area contributed by atoms with Crippen LogP contribution in [0.2, 0.25) is 0 Å². The maximum atomic E-state index is 13.2. The Balaban J connectivity index is 2.99. The van der Waals surface area contributed by atoms with Crippen LogP contribution in [0.15, 0.2) is 12.1 Å². The standard InChI is InChI=1S/C8H9BF2O4/c1-14-4-15-8-6(10)2-5(9(12)13)3-7(8)11/h2-3,12-13H,4H2,1H3. The van der Waals surface area contributed by atoms with Gasteiger partial charge in [0.1, 0.15) is 0 Å². The van der Waals surface area contributed by atoms with Crippen LogP contribution in [0.25, 0.3) is 0 Å². The van der Waals surface area contributed by atoms with Gasteiger partial charge in [-0.1, -0.05) is 0 Å². The highest BCUT2D eigenvalue weighted by Gasteiger charge is 2.18. The van der Waals surface area contributed by atoms with Crippen LogP contribution in [-0.2, 0) is 4.74 Å². The van der Waals surface area contributed by atoms with E-state index in [1.807, 2.05) is 0 Å². The highest BCUT2D eigenvalue weighted by molar-refractivity contribution is 6.58. The van der Waals surface area contributed by atoms with E-state index in [0.717, 1.165) is 12.1 Å². The van der Waals surface area contributed by atoms with Crippen LogP contribution in [0.5, 0.6) is 5.75 Å². The third-order valence-corrected chi connectivity index (χ3v) is 1.64. The summed E-state index contributed by atoms with van der Waals surface area (Å²) in [4.78, 5) is 0. The molecule has 1 aromatic carbocycles. The molecule has 0 unspecified atom stereocenters. The zero-order valence-electron chi connectivity index (χ0n) is 7.91. The summed E-state index contributed by atoms with van der Waals surface area (Å²) in [6, 6.07) is 1.55. The average Bonchev–Trinajstić information content (AvgIpc) is 2.16. The van der Waals surface area contributed by atoms with E-state index in [1.54, 1.807) is 0 Å². The fourth-order valence-corrected chi connectivity index (χ4v) is 0.984. The summed E-state index contributed by atoms with van der Waals surface area (Å²) in [5.74, 6) is -2.65. The van der Waals surface area contributed by atoms with E-state index in [9.17, 15) is 8.78 Å². The summed E-state index contributed by atoms with van der Waals surface area (Å²) in [5.41, 5.74) is -0.283. The molecule has 15 heavy (non-hydrogen) atoms. The molecule has 4 nitrogen and oxygen atoms in total. The first-order chi connectivity index (χ1) is 7.06. The SMILES string of the molecule is COCOc1c(F)cc(B(O)O)cc1F. The summed E-state index contributed by atoms with van der Waals surface area (Å²) in [6.07, 6.45) is 0. The first-order valence-corrected chi connectivity index (χ1v) is 4.03. The van der Waals surface area contributed by atoms with Crippen molar-refractivity contribution in [3.05, 3.63) is 23.8 Å². The van der Waals surface area contributed by atoms with E-state index < -0.39 is 24.5 Å². The second-order valence-electron chi connectivity index (χ2n) is 2.74. The van der Waals surface area contributed by atoms with Gasteiger partial charge < -0.3 is 19.5 Å². The number of hydrogen-bond acceptors (Lipinski definition) is 4. The van der Waals surface area contributed by atoms with E-state index in [1.165, 1.54) is 7.11 Å². The van der Waals surface area contributed by atoms with Gasteiger partial charge >= 0.3 is 7.12 Å². The Morgan fingerprint density at radius 3 is 2.20 bits per heavy atom. The van der Waals surface area contributed by atoms with Crippen molar-refractivity contribution in [2.75, 3.05) is 13.9 Å². The van der Waals surface area contributed by atoms with Crippen molar-refractivity contribution in [3.8, 4) is 5.75 Å². The minimum Gasteiger partial charge on any atom is -0.461 e. The Bertz CT molecular complexity index is 322. The molecule has 82 valence electrons. The van der Waals surface area contributed by atoms with Gasteiger partial charge in [0.15, 0.2) is 24.2 Å². The molecular weight excluding hydrogens is 209 g/mol. The van der Waals surface area contributed by atoms with Crippen LogP contribution in [0.4, 0.5) is 8.78 Å². The van der Waals surface area contributed by atoms with Gasteiger partial charge in [-0.3, -0.25) is 0 Å². The lowest BCUT2D eigenvalue weighted by Crippen LogP contribution is -2.30. The van der Waals surface area contributed by atoms with Crippen LogP contribution in [0.3, 0.4) is 0 Å². The zero-order valence-corrected chi connectivity index (χ0v) is 7.91. The summed E-state index contributed by atoms with van der Waals surface area (Å²) in [7, 11) is -0.618. The zero-order chi connectivity index (χ0) is 11.4. The topological polar surface area (TPSA) is 58.9 Å². The fraction of sp³-hybridized carbons (Fsp3) is 0.250. The Morgan fingerprint density at radius 1 is 1.27 bits per heavy atom. The minimum atomic E-state index is -1.93. The molecule has 1 aromatic rings. The average molecular weight is 218 g/mol. The second-order valence-corrected chi connectivity index (χ2v) is 2.74. The monoisotopic (exact) mass is 218 g/mol. The molecule has 0 bridgehead atoms. The molecule has 0 aliphatic carbocycles. The van der Waals surface area contributed by atoms with Gasteiger partial charge in [0.25, 0.3) is 0 Å². The quantitative estimate of drug-likeness (QED) is 0.534. The van der Waals surface area contributed by atoms with Crippen molar-refractivity contribution in [1.29, 1.82) is 0 Å². The molecule has 0 saturated heterocycles. The third kappa shape index (κ3) is 2.88.